The van der Waals surface area contributed by atoms with Crippen LogP contribution in [0, 0.1) is 17.5 Å². The van der Waals surface area contributed by atoms with Crippen molar-refractivity contribution < 1.29 is 18.0 Å². The van der Waals surface area contributed by atoms with Crippen molar-refractivity contribution in [3.63, 3.8) is 0 Å². The quantitative estimate of drug-likeness (QED) is 0.711. The largest absolute Gasteiger partial charge is 0.333 e. The standard InChI is InChI=1S/C18H18BrF3N2O/c1-23(2)7-8-24(11-13-3-5-14(20)10-16(13)21)18(25)12-4-6-15(19)17(22)9-12/h3-6,9-10H,7-8,11H2,1-2H3. The van der Waals surface area contributed by atoms with E-state index in [4.69, 9.17) is 0 Å². The summed E-state index contributed by atoms with van der Waals surface area (Å²) in [4.78, 5) is 16.0. The van der Waals surface area contributed by atoms with Gasteiger partial charge in [-0.25, -0.2) is 13.2 Å². The number of hydrogen-bond donors (Lipinski definition) is 0. The van der Waals surface area contributed by atoms with Gasteiger partial charge in [0.2, 0.25) is 0 Å². The van der Waals surface area contributed by atoms with Crippen LogP contribution in [0.2, 0.25) is 0 Å². The van der Waals surface area contributed by atoms with Crippen molar-refractivity contribution in [2.45, 2.75) is 6.54 Å². The predicted octanol–water partition coefficient (Wildman–Crippen LogP) is 4.07. The molecule has 2 rings (SSSR count). The van der Waals surface area contributed by atoms with E-state index in [1.807, 2.05) is 19.0 Å². The van der Waals surface area contributed by atoms with E-state index >= 15 is 0 Å². The van der Waals surface area contributed by atoms with Gasteiger partial charge >= 0.3 is 0 Å². The molecule has 2 aromatic rings. The summed E-state index contributed by atoms with van der Waals surface area (Å²) in [5.41, 5.74) is 0.369. The SMILES string of the molecule is CN(C)CCN(Cc1ccc(F)cc1F)C(=O)c1ccc(Br)c(F)c1. The van der Waals surface area contributed by atoms with Crippen LogP contribution >= 0.6 is 15.9 Å². The molecule has 0 atom stereocenters. The summed E-state index contributed by atoms with van der Waals surface area (Å²) < 4.78 is 41.0. The molecule has 0 unspecified atom stereocenters. The van der Waals surface area contributed by atoms with Crippen molar-refractivity contribution in [2.75, 3.05) is 27.2 Å². The molecule has 25 heavy (non-hydrogen) atoms. The number of carbonyl (C=O) groups excluding carboxylic acids is 1. The molecule has 1 amide bonds. The molecule has 0 heterocycles. The average molecular weight is 415 g/mol. The number of halogens is 4. The lowest BCUT2D eigenvalue weighted by Crippen LogP contribution is -2.36. The highest BCUT2D eigenvalue weighted by Crippen LogP contribution is 2.19. The molecule has 0 spiro atoms. The lowest BCUT2D eigenvalue weighted by molar-refractivity contribution is 0.0730. The van der Waals surface area contributed by atoms with Crippen LogP contribution < -0.4 is 0 Å². The Morgan fingerprint density at radius 1 is 1.00 bits per heavy atom. The second-order valence-corrected chi connectivity index (χ2v) is 6.75. The average Bonchev–Trinajstić information content (AvgIpc) is 2.55. The van der Waals surface area contributed by atoms with Gasteiger partial charge in [0.15, 0.2) is 0 Å². The van der Waals surface area contributed by atoms with Gasteiger partial charge in [0.25, 0.3) is 5.91 Å². The summed E-state index contributed by atoms with van der Waals surface area (Å²) >= 11 is 3.04. The predicted molar refractivity (Wildman–Crippen MR) is 93.8 cm³/mol. The number of carbonyl (C=O) groups is 1. The smallest absolute Gasteiger partial charge is 0.254 e. The normalized spacial score (nSPS) is 11.0. The zero-order chi connectivity index (χ0) is 18.6. The van der Waals surface area contributed by atoms with E-state index in [2.05, 4.69) is 15.9 Å². The topological polar surface area (TPSA) is 23.6 Å². The maximum Gasteiger partial charge on any atom is 0.254 e. The Hall–Kier alpha value is -1.86. The van der Waals surface area contributed by atoms with Crippen molar-refractivity contribution in [1.29, 1.82) is 0 Å². The molecule has 0 fully saturated rings. The lowest BCUT2D eigenvalue weighted by Gasteiger charge is -2.25. The van der Waals surface area contributed by atoms with Gasteiger partial charge in [-0.05, 0) is 54.3 Å². The van der Waals surface area contributed by atoms with Crippen LogP contribution in [0.15, 0.2) is 40.9 Å². The van der Waals surface area contributed by atoms with Crippen LogP contribution in [0.5, 0.6) is 0 Å². The number of hydrogen-bond acceptors (Lipinski definition) is 2. The molecule has 0 aliphatic heterocycles. The maximum absolute atomic E-state index is 13.9. The van der Waals surface area contributed by atoms with Gasteiger partial charge in [-0.1, -0.05) is 6.07 Å². The molecule has 3 nitrogen and oxygen atoms in total. The van der Waals surface area contributed by atoms with Crippen molar-refractivity contribution in [2.24, 2.45) is 0 Å². The molecule has 0 bridgehead atoms. The molecule has 0 radical (unpaired) electrons. The molecule has 0 saturated heterocycles. The first kappa shape index (κ1) is 19.5. The van der Waals surface area contributed by atoms with Gasteiger partial charge in [-0.2, -0.15) is 0 Å². The van der Waals surface area contributed by atoms with E-state index in [-0.39, 0.29) is 22.1 Å². The number of benzene rings is 2. The Kier molecular flexibility index (Phi) is 6.61. The first-order chi connectivity index (χ1) is 11.8. The van der Waals surface area contributed by atoms with Crippen LogP contribution in [0.25, 0.3) is 0 Å². The zero-order valence-electron chi connectivity index (χ0n) is 13.9. The fraction of sp³-hybridized carbons (Fsp3) is 0.278. The van der Waals surface area contributed by atoms with Gasteiger partial charge in [-0.15, -0.1) is 0 Å². The van der Waals surface area contributed by atoms with Gasteiger partial charge < -0.3 is 9.80 Å². The molecule has 0 N–H and O–H groups in total. The number of rotatable bonds is 6. The molecule has 2 aromatic carbocycles. The number of amides is 1. The van der Waals surface area contributed by atoms with E-state index in [1.165, 1.54) is 23.1 Å². The van der Waals surface area contributed by atoms with Crippen LogP contribution in [-0.2, 0) is 6.54 Å². The Morgan fingerprint density at radius 2 is 1.72 bits per heavy atom. The van der Waals surface area contributed by atoms with Gasteiger partial charge in [0, 0.05) is 36.8 Å². The minimum absolute atomic E-state index is 0.0313. The second-order valence-electron chi connectivity index (χ2n) is 5.89. The molecule has 7 heteroatoms. The highest BCUT2D eigenvalue weighted by Gasteiger charge is 2.19. The van der Waals surface area contributed by atoms with E-state index in [0.29, 0.717) is 13.1 Å². The summed E-state index contributed by atoms with van der Waals surface area (Å²) in [6.07, 6.45) is 0. The number of likely N-dealkylation sites (N-methyl/N-ethyl adjacent to an activating group) is 1. The Morgan fingerprint density at radius 3 is 2.32 bits per heavy atom. The van der Waals surface area contributed by atoms with Crippen LogP contribution in [-0.4, -0.2) is 42.9 Å². The van der Waals surface area contributed by atoms with Crippen molar-refractivity contribution in [3.8, 4) is 0 Å². The third-order valence-electron chi connectivity index (χ3n) is 3.65. The van der Waals surface area contributed by atoms with Crippen molar-refractivity contribution >= 4 is 21.8 Å². The lowest BCUT2D eigenvalue weighted by atomic mass is 10.1. The Labute approximate surface area is 153 Å². The molecule has 134 valence electrons. The fourth-order valence-corrected chi connectivity index (χ4v) is 2.49. The third-order valence-corrected chi connectivity index (χ3v) is 4.29. The van der Waals surface area contributed by atoms with E-state index in [9.17, 15) is 18.0 Å². The summed E-state index contributed by atoms with van der Waals surface area (Å²) in [5.74, 6) is -2.37. The minimum Gasteiger partial charge on any atom is -0.333 e. The van der Waals surface area contributed by atoms with E-state index in [1.54, 1.807) is 0 Å². The van der Waals surface area contributed by atoms with E-state index in [0.717, 1.165) is 18.2 Å². The third kappa shape index (κ3) is 5.31. The molecular weight excluding hydrogens is 397 g/mol. The molecule has 0 saturated carbocycles. The minimum atomic E-state index is -0.718. The molecular formula is C18H18BrF3N2O. The first-order valence-electron chi connectivity index (χ1n) is 7.61. The number of nitrogens with zero attached hydrogens (tertiary/aromatic N) is 2. The van der Waals surface area contributed by atoms with E-state index < -0.39 is 23.4 Å². The van der Waals surface area contributed by atoms with Crippen molar-refractivity contribution in [1.82, 2.24) is 9.80 Å². The summed E-state index contributed by atoms with van der Waals surface area (Å²) in [6, 6.07) is 7.32. The van der Waals surface area contributed by atoms with Crippen LogP contribution in [0.3, 0.4) is 0 Å². The molecule has 0 aliphatic rings. The van der Waals surface area contributed by atoms with Crippen LogP contribution in [0.4, 0.5) is 13.2 Å². The Balaban J connectivity index is 2.27. The summed E-state index contributed by atoms with van der Waals surface area (Å²) in [6.45, 7) is 0.838. The maximum atomic E-state index is 13.9. The fourth-order valence-electron chi connectivity index (χ4n) is 2.24. The Bertz CT molecular complexity index is 768. The summed E-state index contributed by atoms with van der Waals surface area (Å²) in [5, 5.41) is 0. The second kappa shape index (κ2) is 8.49. The van der Waals surface area contributed by atoms with Crippen LogP contribution in [0.1, 0.15) is 15.9 Å². The highest BCUT2D eigenvalue weighted by molar-refractivity contribution is 9.10. The van der Waals surface area contributed by atoms with Gasteiger partial charge in [-0.3, -0.25) is 4.79 Å². The first-order valence-corrected chi connectivity index (χ1v) is 8.40. The molecule has 0 aliphatic carbocycles. The van der Waals surface area contributed by atoms with Gasteiger partial charge in [0.1, 0.15) is 17.5 Å². The molecule has 0 aromatic heterocycles. The van der Waals surface area contributed by atoms with Gasteiger partial charge in [0.05, 0.1) is 4.47 Å². The zero-order valence-corrected chi connectivity index (χ0v) is 15.5. The summed E-state index contributed by atoms with van der Waals surface area (Å²) in [7, 11) is 3.70. The highest BCUT2D eigenvalue weighted by atomic mass is 79.9. The van der Waals surface area contributed by atoms with Crippen molar-refractivity contribution in [3.05, 3.63) is 69.4 Å². The monoisotopic (exact) mass is 414 g/mol.